The Kier molecular flexibility index (Phi) is 3.43. The Hall–Kier alpha value is -1.10. The summed E-state index contributed by atoms with van der Waals surface area (Å²) in [4.78, 5) is 4.29. The molecule has 0 aliphatic heterocycles. The molecular formula is C11H19N3O2. The normalized spacial score (nSPS) is 25.2. The number of methoxy groups -OCH3 is 1. The lowest BCUT2D eigenvalue weighted by atomic mass is 10.2. The standard InChI is InChI=1S/C11H19N3O2/c1-7(2)10-13-11(16-14-10)12-8-4-5-9(6-8)15-3/h7-9H,4-6H2,1-3H3,(H,12,13,14). The summed E-state index contributed by atoms with van der Waals surface area (Å²) in [5.41, 5.74) is 0. The molecule has 5 heteroatoms. The summed E-state index contributed by atoms with van der Waals surface area (Å²) in [5.74, 6) is 1.05. The van der Waals surface area contributed by atoms with E-state index in [1.54, 1.807) is 7.11 Å². The maximum absolute atomic E-state index is 5.32. The molecular weight excluding hydrogens is 206 g/mol. The van der Waals surface area contributed by atoms with Crippen LogP contribution in [-0.2, 0) is 4.74 Å². The zero-order valence-electron chi connectivity index (χ0n) is 10.1. The van der Waals surface area contributed by atoms with Gasteiger partial charge in [0, 0.05) is 19.1 Å². The summed E-state index contributed by atoms with van der Waals surface area (Å²) in [5, 5.41) is 7.18. The van der Waals surface area contributed by atoms with E-state index in [2.05, 4.69) is 15.5 Å². The Morgan fingerprint density at radius 2 is 2.25 bits per heavy atom. The van der Waals surface area contributed by atoms with Crippen molar-refractivity contribution < 1.29 is 9.26 Å². The number of hydrogen-bond acceptors (Lipinski definition) is 5. The van der Waals surface area contributed by atoms with Gasteiger partial charge in [0.05, 0.1) is 6.10 Å². The van der Waals surface area contributed by atoms with E-state index >= 15 is 0 Å². The van der Waals surface area contributed by atoms with E-state index < -0.39 is 0 Å². The molecule has 5 nitrogen and oxygen atoms in total. The van der Waals surface area contributed by atoms with Gasteiger partial charge in [-0.25, -0.2) is 0 Å². The molecule has 0 saturated heterocycles. The fourth-order valence-electron chi connectivity index (χ4n) is 1.99. The van der Waals surface area contributed by atoms with Gasteiger partial charge in [-0.15, -0.1) is 0 Å². The highest BCUT2D eigenvalue weighted by atomic mass is 16.5. The summed E-state index contributed by atoms with van der Waals surface area (Å²) in [6.45, 7) is 4.09. The fraction of sp³-hybridized carbons (Fsp3) is 0.818. The third kappa shape index (κ3) is 2.52. The smallest absolute Gasteiger partial charge is 0.321 e. The van der Waals surface area contributed by atoms with E-state index in [9.17, 15) is 0 Å². The van der Waals surface area contributed by atoms with E-state index in [4.69, 9.17) is 9.26 Å². The average Bonchev–Trinajstić information content (AvgIpc) is 2.87. The van der Waals surface area contributed by atoms with Crippen LogP contribution in [0, 0.1) is 0 Å². The Morgan fingerprint density at radius 3 is 2.81 bits per heavy atom. The molecule has 1 aliphatic carbocycles. The molecule has 0 aromatic carbocycles. The van der Waals surface area contributed by atoms with E-state index in [1.807, 2.05) is 13.8 Å². The topological polar surface area (TPSA) is 60.2 Å². The molecule has 0 bridgehead atoms. The van der Waals surface area contributed by atoms with Crippen LogP contribution in [0.4, 0.5) is 6.01 Å². The van der Waals surface area contributed by atoms with E-state index in [-0.39, 0.29) is 0 Å². The molecule has 1 aromatic rings. The molecule has 0 amide bonds. The molecule has 1 aromatic heterocycles. The van der Waals surface area contributed by atoms with Gasteiger partial charge in [-0.05, 0) is 19.3 Å². The number of rotatable bonds is 4. The summed E-state index contributed by atoms with van der Waals surface area (Å²) in [7, 11) is 1.76. The zero-order chi connectivity index (χ0) is 11.5. The van der Waals surface area contributed by atoms with Gasteiger partial charge in [0.25, 0.3) is 0 Å². The Morgan fingerprint density at radius 1 is 1.44 bits per heavy atom. The van der Waals surface area contributed by atoms with Gasteiger partial charge in [0.15, 0.2) is 5.82 Å². The molecule has 2 rings (SSSR count). The molecule has 1 saturated carbocycles. The van der Waals surface area contributed by atoms with Crippen LogP contribution in [0.25, 0.3) is 0 Å². The number of anilines is 1. The number of nitrogens with one attached hydrogen (secondary N) is 1. The second-order valence-electron chi connectivity index (χ2n) is 4.62. The molecule has 1 aliphatic rings. The van der Waals surface area contributed by atoms with Crippen molar-refractivity contribution in [2.45, 2.75) is 51.2 Å². The number of nitrogens with zero attached hydrogens (tertiary/aromatic N) is 2. The SMILES string of the molecule is COC1CCC(Nc2nc(C(C)C)no2)C1. The van der Waals surface area contributed by atoms with Crippen LogP contribution in [0.3, 0.4) is 0 Å². The highest BCUT2D eigenvalue weighted by Crippen LogP contribution is 2.24. The molecule has 90 valence electrons. The maximum atomic E-state index is 5.32. The predicted octanol–water partition coefficient (Wildman–Crippen LogP) is 2.17. The van der Waals surface area contributed by atoms with Crippen molar-refractivity contribution in [2.75, 3.05) is 12.4 Å². The minimum Gasteiger partial charge on any atom is -0.381 e. The van der Waals surface area contributed by atoms with Gasteiger partial charge in [0.1, 0.15) is 0 Å². The van der Waals surface area contributed by atoms with E-state index in [1.165, 1.54) is 0 Å². The van der Waals surface area contributed by atoms with Crippen molar-refractivity contribution in [1.82, 2.24) is 10.1 Å². The highest BCUT2D eigenvalue weighted by Gasteiger charge is 2.25. The predicted molar refractivity (Wildman–Crippen MR) is 60.4 cm³/mol. The van der Waals surface area contributed by atoms with Crippen molar-refractivity contribution in [1.29, 1.82) is 0 Å². The molecule has 2 unspecified atom stereocenters. The summed E-state index contributed by atoms with van der Waals surface area (Å²) in [6, 6.07) is 0.927. The van der Waals surface area contributed by atoms with Crippen LogP contribution in [0.15, 0.2) is 4.52 Å². The van der Waals surface area contributed by atoms with E-state index in [0.29, 0.717) is 24.1 Å². The molecule has 0 radical (unpaired) electrons. The largest absolute Gasteiger partial charge is 0.381 e. The van der Waals surface area contributed by atoms with Crippen LogP contribution >= 0.6 is 0 Å². The Balaban J connectivity index is 1.89. The third-order valence-corrected chi connectivity index (χ3v) is 3.00. The second-order valence-corrected chi connectivity index (χ2v) is 4.62. The lowest BCUT2D eigenvalue weighted by molar-refractivity contribution is 0.108. The molecule has 1 N–H and O–H groups in total. The molecule has 2 atom stereocenters. The first-order chi connectivity index (χ1) is 7.69. The first kappa shape index (κ1) is 11.4. The Bertz CT molecular complexity index is 338. The molecule has 1 fully saturated rings. The third-order valence-electron chi connectivity index (χ3n) is 3.00. The minimum absolute atomic E-state index is 0.301. The van der Waals surface area contributed by atoms with Crippen molar-refractivity contribution in [3.8, 4) is 0 Å². The lowest BCUT2D eigenvalue weighted by Gasteiger charge is -2.09. The summed E-state index contributed by atoms with van der Waals surface area (Å²) in [6.07, 6.45) is 3.57. The number of ether oxygens (including phenoxy) is 1. The number of hydrogen-bond donors (Lipinski definition) is 1. The molecule has 1 heterocycles. The van der Waals surface area contributed by atoms with Crippen LogP contribution in [0.2, 0.25) is 0 Å². The second kappa shape index (κ2) is 4.82. The van der Waals surface area contributed by atoms with Crippen molar-refractivity contribution in [3.05, 3.63) is 5.82 Å². The minimum atomic E-state index is 0.301. The quantitative estimate of drug-likeness (QED) is 0.851. The first-order valence-corrected chi connectivity index (χ1v) is 5.82. The van der Waals surface area contributed by atoms with Crippen LogP contribution in [0.5, 0.6) is 0 Å². The lowest BCUT2D eigenvalue weighted by Crippen LogP contribution is -2.17. The van der Waals surface area contributed by atoms with Crippen LogP contribution in [-0.4, -0.2) is 29.4 Å². The van der Waals surface area contributed by atoms with Crippen LogP contribution < -0.4 is 5.32 Å². The molecule has 0 spiro atoms. The van der Waals surface area contributed by atoms with Crippen molar-refractivity contribution >= 4 is 6.01 Å². The monoisotopic (exact) mass is 225 g/mol. The summed E-state index contributed by atoms with van der Waals surface area (Å²) >= 11 is 0. The van der Waals surface area contributed by atoms with Gasteiger partial charge in [-0.3, -0.25) is 0 Å². The zero-order valence-corrected chi connectivity index (χ0v) is 10.1. The fourth-order valence-corrected chi connectivity index (χ4v) is 1.99. The summed E-state index contributed by atoms with van der Waals surface area (Å²) < 4.78 is 10.5. The van der Waals surface area contributed by atoms with Crippen molar-refractivity contribution in [2.24, 2.45) is 0 Å². The maximum Gasteiger partial charge on any atom is 0.321 e. The molecule has 16 heavy (non-hydrogen) atoms. The van der Waals surface area contributed by atoms with Crippen LogP contribution in [0.1, 0.15) is 44.9 Å². The van der Waals surface area contributed by atoms with Gasteiger partial charge in [-0.2, -0.15) is 4.98 Å². The van der Waals surface area contributed by atoms with Gasteiger partial charge >= 0.3 is 6.01 Å². The van der Waals surface area contributed by atoms with Gasteiger partial charge < -0.3 is 14.6 Å². The van der Waals surface area contributed by atoms with Crippen molar-refractivity contribution in [3.63, 3.8) is 0 Å². The Labute approximate surface area is 95.6 Å². The first-order valence-electron chi connectivity index (χ1n) is 5.82. The van der Waals surface area contributed by atoms with E-state index in [0.717, 1.165) is 25.1 Å². The average molecular weight is 225 g/mol. The number of aromatic nitrogens is 2. The van der Waals surface area contributed by atoms with Gasteiger partial charge in [-0.1, -0.05) is 19.0 Å². The highest BCUT2D eigenvalue weighted by molar-refractivity contribution is 5.22. The van der Waals surface area contributed by atoms with Gasteiger partial charge in [0.2, 0.25) is 0 Å².